The standard InChI is InChI=1S/C9H9NO5/c1-14-7-4-6(2-3-10-7)15-9(13)5-8(11)12/h2-4H,5H2,1H3,(H,11,12). The van der Waals surface area contributed by atoms with Crippen LogP contribution in [-0.4, -0.2) is 29.1 Å². The fourth-order valence-corrected chi connectivity index (χ4v) is 0.857. The Hall–Kier alpha value is -2.11. The molecule has 1 aromatic rings. The van der Waals surface area contributed by atoms with Crippen LogP contribution < -0.4 is 9.47 Å². The molecule has 1 aromatic heterocycles. The van der Waals surface area contributed by atoms with Gasteiger partial charge < -0.3 is 14.6 Å². The molecule has 0 radical (unpaired) electrons. The van der Waals surface area contributed by atoms with Gasteiger partial charge in [-0.15, -0.1) is 0 Å². The minimum atomic E-state index is -1.24. The summed E-state index contributed by atoms with van der Waals surface area (Å²) in [6.45, 7) is 0. The Balaban J connectivity index is 2.63. The predicted octanol–water partition coefficient (Wildman–Crippen LogP) is 0.470. The number of aromatic nitrogens is 1. The molecule has 6 heteroatoms. The molecule has 0 aliphatic carbocycles. The molecular formula is C9H9NO5. The molecule has 6 nitrogen and oxygen atoms in total. The van der Waals surface area contributed by atoms with Crippen LogP contribution in [0.1, 0.15) is 6.42 Å². The monoisotopic (exact) mass is 211 g/mol. The quantitative estimate of drug-likeness (QED) is 0.575. The lowest BCUT2D eigenvalue weighted by atomic mass is 10.4. The molecule has 0 bridgehead atoms. The molecule has 0 amide bonds. The Kier molecular flexibility index (Phi) is 3.61. The van der Waals surface area contributed by atoms with Crippen molar-refractivity contribution in [2.24, 2.45) is 0 Å². The highest BCUT2D eigenvalue weighted by Gasteiger charge is 2.10. The number of rotatable bonds is 4. The molecule has 1 rings (SSSR count). The van der Waals surface area contributed by atoms with Gasteiger partial charge in [-0.25, -0.2) is 4.98 Å². The summed E-state index contributed by atoms with van der Waals surface area (Å²) in [5.41, 5.74) is 0. The molecule has 1 heterocycles. The number of methoxy groups -OCH3 is 1. The highest BCUT2D eigenvalue weighted by molar-refractivity contribution is 5.91. The number of carbonyl (C=O) groups excluding carboxylic acids is 1. The summed E-state index contributed by atoms with van der Waals surface area (Å²) in [4.78, 5) is 24.9. The molecule has 0 saturated carbocycles. The average Bonchev–Trinajstić information content (AvgIpc) is 2.16. The summed E-state index contributed by atoms with van der Waals surface area (Å²) >= 11 is 0. The van der Waals surface area contributed by atoms with Crippen LogP contribution in [0.2, 0.25) is 0 Å². The van der Waals surface area contributed by atoms with Crippen molar-refractivity contribution in [1.82, 2.24) is 4.98 Å². The van der Waals surface area contributed by atoms with E-state index in [4.69, 9.17) is 14.6 Å². The molecule has 0 spiro atoms. The van der Waals surface area contributed by atoms with E-state index in [1.54, 1.807) is 0 Å². The molecule has 0 aliphatic rings. The zero-order valence-corrected chi connectivity index (χ0v) is 7.97. The third-order valence-corrected chi connectivity index (χ3v) is 1.44. The van der Waals surface area contributed by atoms with Crippen molar-refractivity contribution in [3.05, 3.63) is 18.3 Å². The number of nitrogens with zero attached hydrogens (tertiary/aromatic N) is 1. The second kappa shape index (κ2) is 4.94. The van der Waals surface area contributed by atoms with Crippen LogP contribution in [0.15, 0.2) is 18.3 Å². The van der Waals surface area contributed by atoms with Gasteiger partial charge in [0.25, 0.3) is 0 Å². The van der Waals surface area contributed by atoms with Gasteiger partial charge in [0.15, 0.2) is 0 Å². The second-order valence-corrected chi connectivity index (χ2v) is 2.58. The van der Waals surface area contributed by atoms with Gasteiger partial charge in [0.1, 0.15) is 12.2 Å². The van der Waals surface area contributed by atoms with Crippen LogP contribution in [0.5, 0.6) is 11.6 Å². The van der Waals surface area contributed by atoms with E-state index in [1.165, 1.54) is 25.4 Å². The van der Waals surface area contributed by atoms with Crippen LogP contribution in [0, 0.1) is 0 Å². The van der Waals surface area contributed by atoms with E-state index in [0.717, 1.165) is 0 Å². The molecule has 0 saturated heterocycles. The summed E-state index contributed by atoms with van der Waals surface area (Å²) in [7, 11) is 1.42. The number of ether oxygens (including phenoxy) is 2. The van der Waals surface area contributed by atoms with Crippen LogP contribution in [-0.2, 0) is 9.59 Å². The molecule has 0 fully saturated rings. The number of hydrogen-bond acceptors (Lipinski definition) is 5. The lowest BCUT2D eigenvalue weighted by Crippen LogP contribution is -2.13. The van der Waals surface area contributed by atoms with Crippen molar-refractivity contribution in [3.63, 3.8) is 0 Å². The van der Waals surface area contributed by atoms with Crippen molar-refractivity contribution in [2.75, 3.05) is 7.11 Å². The maximum Gasteiger partial charge on any atom is 0.322 e. The van der Waals surface area contributed by atoms with E-state index in [0.29, 0.717) is 0 Å². The van der Waals surface area contributed by atoms with Crippen LogP contribution in [0.4, 0.5) is 0 Å². The van der Waals surface area contributed by atoms with Crippen LogP contribution in [0.25, 0.3) is 0 Å². The molecule has 0 atom stereocenters. The maximum atomic E-state index is 11.0. The number of carbonyl (C=O) groups is 2. The number of pyridine rings is 1. The largest absolute Gasteiger partial charge is 0.481 e. The fourth-order valence-electron chi connectivity index (χ4n) is 0.857. The Morgan fingerprint density at radius 1 is 1.53 bits per heavy atom. The van der Waals surface area contributed by atoms with Crippen molar-refractivity contribution < 1.29 is 24.2 Å². The molecule has 0 unspecified atom stereocenters. The van der Waals surface area contributed by atoms with Gasteiger partial charge in [-0.1, -0.05) is 0 Å². The Morgan fingerprint density at radius 2 is 2.27 bits per heavy atom. The normalized spacial score (nSPS) is 9.40. The van der Waals surface area contributed by atoms with Crippen LogP contribution >= 0.6 is 0 Å². The topological polar surface area (TPSA) is 85.7 Å². The first kappa shape index (κ1) is 11.0. The molecule has 0 aromatic carbocycles. The number of aliphatic carboxylic acids is 1. The third kappa shape index (κ3) is 3.63. The summed E-state index contributed by atoms with van der Waals surface area (Å²) in [5.74, 6) is -1.58. The average molecular weight is 211 g/mol. The number of carboxylic acid groups (broad SMARTS) is 1. The number of carboxylic acids is 1. The summed E-state index contributed by atoms with van der Waals surface area (Å²) in [5, 5.41) is 8.32. The first-order valence-electron chi connectivity index (χ1n) is 4.04. The first-order chi connectivity index (χ1) is 7.11. The zero-order valence-electron chi connectivity index (χ0n) is 7.97. The summed E-state index contributed by atoms with van der Waals surface area (Å²) in [6, 6.07) is 2.82. The van der Waals surface area contributed by atoms with E-state index >= 15 is 0 Å². The minimum absolute atomic E-state index is 0.202. The van der Waals surface area contributed by atoms with Gasteiger partial charge in [0.2, 0.25) is 5.88 Å². The third-order valence-electron chi connectivity index (χ3n) is 1.44. The van der Waals surface area contributed by atoms with Crippen LogP contribution in [0.3, 0.4) is 0 Å². The lowest BCUT2D eigenvalue weighted by Gasteiger charge is -2.03. The van der Waals surface area contributed by atoms with Crippen molar-refractivity contribution in [1.29, 1.82) is 0 Å². The zero-order chi connectivity index (χ0) is 11.3. The van der Waals surface area contributed by atoms with E-state index in [2.05, 4.69) is 4.98 Å². The smallest absolute Gasteiger partial charge is 0.322 e. The van der Waals surface area contributed by atoms with E-state index in [9.17, 15) is 9.59 Å². The predicted molar refractivity (Wildman–Crippen MR) is 48.7 cm³/mol. The van der Waals surface area contributed by atoms with E-state index in [1.807, 2.05) is 0 Å². The molecular weight excluding hydrogens is 202 g/mol. The van der Waals surface area contributed by atoms with Crippen molar-refractivity contribution >= 4 is 11.9 Å². The Labute approximate surface area is 85.5 Å². The van der Waals surface area contributed by atoms with E-state index < -0.39 is 18.4 Å². The molecule has 1 N–H and O–H groups in total. The highest BCUT2D eigenvalue weighted by Crippen LogP contribution is 2.16. The second-order valence-electron chi connectivity index (χ2n) is 2.58. The number of esters is 1. The van der Waals surface area contributed by atoms with Crippen molar-refractivity contribution in [3.8, 4) is 11.6 Å². The SMILES string of the molecule is COc1cc(OC(=O)CC(=O)O)ccn1. The van der Waals surface area contributed by atoms with Crippen molar-refractivity contribution in [2.45, 2.75) is 6.42 Å². The highest BCUT2D eigenvalue weighted by atomic mass is 16.5. The van der Waals surface area contributed by atoms with Gasteiger partial charge in [-0.05, 0) is 6.07 Å². The molecule has 15 heavy (non-hydrogen) atoms. The minimum Gasteiger partial charge on any atom is -0.481 e. The van der Waals surface area contributed by atoms with Gasteiger partial charge >= 0.3 is 11.9 Å². The maximum absolute atomic E-state index is 11.0. The van der Waals surface area contributed by atoms with Gasteiger partial charge in [-0.3, -0.25) is 9.59 Å². The van der Waals surface area contributed by atoms with Gasteiger partial charge in [0.05, 0.1) is 7.11 Å². The summed E-state index contributed by atoms with van der Waals surface area (Å²) < 4.78 is 9.53. The van der Waals surface area contributed by atoms with Gasteiger partial charge in [-0.2, -0.15) is 0 Å². The Bertz CT molecular complexity index is 377. The number of hydrogen-bond donors (Lipinski definition) is 1. The lowest BCUT2D eigenvalue weighted by molar-refractivity contribution is -0.145. The summed E-state index contributed by atoms with van der Waals surface area (Å²) in [6.07, 6.45) is 0.715. The molecule has 80 valence electrons. The Morgan fingerprint density at radius 3 is 2.87 bits per heavy atom. The van der Waals surface area contributed by atoms with E-state index in [-0.39, 0.29) is 11.6 Å². The van der Waals surface area contributed by atoms with Gasteiger partial charge in [0, 0.05) is 12.3 Å². The first-order valence-corrected chi connectivity index (χ1v) is 4.04. The molecule has 0 aliphatic heterocycles. The fraction of sp³-hybridized carbons (Fsp3) is 0.222.